The first kappa shape index (κ1) is 16.9. The number of methoxy groups -OCH3 is 1. The molecule has 2 heterocycles. The fourth-order valence-corrected chi connectivity index (χ4v) is 2.83. The molecule has 2 aromatic heterocycles. The van der Waals surface area contributed by atoms with Gasteiger partial charge in [-0.15, -0.1) is 0 Å². The Morgan fingerprint density at radius 2 is 2.14 bits per heavy atom. The van der Waals surface area contributed by atoms with E-state index in [4.69, 9.17) is 21.1 Å². The Morgan fingerprint density at radius 1 is 1.41 bits per heavy atom. The summed E-state index contributed by atoms with van der Waals surface area (Å²) in [6, 6.07) is 2.73. The lowest BCUT2D eigenvalue weighted by molar-refractivity contribution is 0.0585. The highest BCUT2D eigenvalue weighted by atomic mass is 35.5. The van der Waals surface area contributed by atoms with Crippen LogP contribution in [0.1, 0.15) is 10.5 Å². The smallest absolute Gasteiger partial charge is 0.359 e. The van der Waals surface area contributed by atoms with Gasteiger partial charge in [0.2, 0.25) is 0 Å². The van der Waals surface area contributed by atoms with Crippen LogP contribution >= 0.6 is 11.6 Å². The van der Waals surface area contributed by atoms with E-state index >= 15 is 0 Å². The van der Waals surface area contributed by atoms with Crippen molar-refractivity contribution in [2.75, 3.05) is 13.7 Å². The molecule has 0 N–H and O–H groups in total. The van der Waals surface area contributed by atoms with Crippen LogP contribution in [-0.2, 0) is 16.2 Å². The Balaban J connectivity index is 2.21. The minimum absolute atomic E-state index is 0.218. The van der Waals surface area contributed by atoms with Crippen LogP contribution in [0.2, 0.25) is 30.8 Å². The van der Waals surface area contributed by atoms with Crippen molar-refractivity contribution >= 4 is 36.5 Å². The number of hydrogen-bond donors (Lipinski definition) is 0. The number of aromatic nitrogens is 3. The molecule has 2 rings (SSSR count). The number of rotatable bonds is 6. The summed E-state index contributed by atoms with van der Waals surface area (Å²) < 4.78 is 12.0. The lowest BCUT2D eigenvalue weighted by Crippen LogP contribution is -2.22. The fraction of sp³-hybridized carbons (Fsp3) is 0.500. The second-order valence-electron chi connectivity index (χ2n) is 6.21. The van der Waals surface area contributed by atoms with E-state index in [1.54, 1.807) is 10.7 Å². The molecule has 0 aliphatic heterocycles. The molecule has 120 valence electrons. The summed E-state index contributed by atoms with van der Waals surface area (Å²) in [7, 11) is 0.184. The zero-order valence-corrected chi connectivity index (χ0v) is 15.0. The molecular weight excluding hydrogens is 322 g/mol. The van der Waals surface area contributed by atoms with E-state index in [9.17, 15) is 4.79 Å². The molecule has 0 bridgehead atoms. The van der Waals surface area contributed by atoms with Crippen LogP contribution < -0.4 is 0 Å². The van der Waals surface area contributed by atoms with Gasteiger partial charge in [0.05, 0.1) is 18.0 Å². The van der Waals surface area contributed by atoms with Crippen LogP contribution in [0, 0.1) is 0 Å². The molecule has 6 nitrogen and oxygen atoms in total. The Hall–Kier alpha value is -1.44. The van der Waals surface area contributed by atoms with Crippen LogP contribution in [-0.4, -0.2) is 42.5 Å². The molecule has 0 atom stereocenters. The van der Waals surface area contributed by atoms with E-state index < -0.39 is 14.0 Å². The fourth-order valence-electron chi connectivity index (χ4n) is 1.92. The number of fused-ring (bicyclic) bond motifs is 1. The first-order valence-electron chi connectivity index (χ1n) is 7.00. The number of carbonyl (C=O) groups is 1. The molecule has 22 heavy (non-hydrogen) atoms. The molecule has 0 aromatic carbocycles. The van der Waals surface area contributed by atoms with Crippen LogP contribution in [0.5, 0.6) is 0 Å². The number of carbonyl (C=O) groups excluding carboxylic acids is 1. The first-order valence-corrected chi connectivity index (χ1v) is 11.1. The van der Waals surface area contributed by atoms with Crippen molar-refractivity contribution < 1.29 is 14.3 Å². The molecule has 0 saturated heterocycles. The monoisotopic (exact) mass is 341 g/mol. The lowest BCUT2D eigenvalue weighted by atomic mass is 10.2. The van der Waals surface area contributed by atoms with E-state index in [-0.39, 0.29) is 12.4 Å². The van der Waals surface area contributed by atoms with Gasteiger partial charge in [-0.2, -0.15) is 5.10 Å². The van der Waals surface area contributed by atoms with Gasteiger partial charge < -0.3 is 9.47 Å². The second-order valence-corrected chi connectivity index (χ2v) is 12.2. The number of esters is 1. The first-order chi connectivity index (χ1) is 10.3. The van der Waals surface area contributed by atoms with Crippen molar-refractivity contribution in [1.29, 1.82) is 0 Å². The minimum atomic E-state index is -1.14. The Bertz CT molecular complexity index is 682. The summed E-state index contributed by atoms with van der Waals surface area (Å²) in [5, 5.41) is 5.21. The van der Waals surface area contributed by atoms with Gasteiger partial charge in [-0.3, -0.25) is 0 Å². The number of hydrogen-bond acceptors (Lipinski definition) is 5. The van der Waals surface area contributed by atoms with Crippen molar-refractivity contribution in [2.24, 2.45) is 0 Å². The highest BCUT2D eigenvalue weighted by Gasteiger charge is 2.19. The highest BCUT2D eigenvalue weighted by molar-refractivity contribution is 6.76. The second kappa shape index (κ2) is 6.76. The van der Waals surface area contributed by atoms with E-state index in [0.717, 1.165) is 6.04 Å². The number of halogens is 1. The maximum Gasteiger partial charge on any atom is 0.359 e. The van der Waals surface area contributed by atoms with E-state index in [1.165, 1.54) is 13.3 Å². The summed E-state index contributed by atoms with van der Waals surface area (Å²) in [4.78, 5) is 15.8. The Morgan fingerprint density at radius 3 is 2.77 bits per heavy atom. The summed E-state index contributed by atoms with van der Waals surface area (Å²) in [6.07, 6.45) is 1.52. The lowest BCUT2D eigenvalue weighted by Gasteiger charge is -2.15. The predicted octanol–water partition coefficient (Wildman–Crippen LogP) is 3.18. The van der Waals surface area contributed by atoms with Gasteiger partial charge in [0.1, 0.15) is 11.9 Å². The van der Waals surface area contributed by atoms with Crippen molar-refractivity contribution in [3.05, 3.63) is 23.1 Å². The van der Waals surface area contributed by atoms with Crippen LogP contribution in [0.25, 0.3) is 10.9 Å². The molecule has 0 aliphatic carbocycles. The highest BCUT2D eigenvalue weighted by Crippen LogP contribution is 2.21. The van der Waals surface area contributed by atoms with Crippen molar-refractivity contribution in [3.8, 4) is 0 Å². The number of nitrogens with zero attached hydrogens (tertiary/aromatic N) is 3. The Kier molecular flexibility index (Phi) is 5.20. The molecule has 0 amide bonds. The summed E-state index contributed by atoms with van der Waals surface area (Å²) in [6.45, 7) is 7.81. The maximum atomic E-state index is 11.8. The van der Waals surface area contributed by atoms with Gasteiger partial charge in [0.15, 0.2) is 5.69 Å². The Labute approximate surface area is 135 Å². The van der Waals surface area contributed by atoms with E-state index in [1.807, 2.05) is 0 Å². The van der Waals surface area contributed by atoms with Gasteiger partial charge in [0.25, 0.3) is 0 Å². The molecule has 0 unspecified atom stereocenters. The van der Waals surface area contributed by atoms with Crippen LogP contribution in [0.4, 0.5) is 0 Å². The summed E-state index contributed by atoms with van der Waals surface area (Å²) in [5.74, 6) is -0.505. The number of pyridine rings is 1. The third kappa shape index (κ3) is 4.06. The van der Waals surface area contributed by atoms with Gasteiger partial charge in [-0.25, -0.2) is 14.5 Å². The zero-order chi connectivity index (χ0) is 16.3. The normalized spacial score (nSPS) is 11.9. The van der Waals surface area contributed by atoms with Gasteiger partial charge >= 0.3 is 5.97 Å². The molecule has 0 fully saturated rings. The van der Waals surface area contributed by atoms with Gasteiger partial charge in [0, 0.05) is 26.9 Å². The topological polar surface area (TPSA) is 66.2 Å². The zero-order valence-electron chi connectivity index (χ0n) is 13.2. The third-order valence-electron chi connectivity index (χ3n) is 3.19. The number of ether oxygens (including phenoxy) is 2. The third-order valence-corrected chi connectivity index (χ3v) is 5.10. The van der Waals surface area contributed by atoms with Crippen LogP contribution in [0.15, 0.2) is 12.3 Å². The largest absolute Gasteiger partial charge is 0.464 e. The molecular formula is C14H20ClN3O3Si. The van der Waals surface area contributed by atoms with Crippen LogP contribution in [0.3, 0.4) is 0 Å². The maximum absolute atomic E-state index is 11.8. The molecule has 0 spiro atoms. The van der Waals surface area contributed by atoms with E-state index in [2.05, 4.69) is 29.7 Å². The summed E-state index contributed by atoms with van der Waals surface area (Å²) in [5.41, 5.74) is 0.920. The van der Waals surface area contributed by atoms with Gasteiger partial charge in [-0.1, -0.05) is 31.2 Å². The average molecular weight is 342 g/mol. The molecule has 0 saturated carbocycles. The van der Waals surface area contributed by atoms with Crippen molar-refractivity contribution in [1.82, 2.24) is 14.8 Å². The standard InChI is InChI=1S/C14H20ClN3O3Si/c1-20-14(19)13-10-8-16-12(15)7-11(10)18(17-13)9-21-5-6-22(2,3)4/h7-8H,5-6,9H2,1-4H3. The molecule has 0 radical (unpaired) electrons. The quantitative estimate of drug-likeness (QED) is 0.349. The molecule has 0 aliphatic rings. The summed E-state index contributed by atoms with van der Waals surface area (Å²) >= 11 is 5.93. The minimum Gasteiger partial charge on any atom is -0.464 e. The SMILES string of the molecule is COC(=O)c1nn(COCC[Si](C)(C)C)c2cc(Cl)ncc12. The molecule has 8 heteroatoms. The van der Waals surface area contributed by atoms with Crippen molar-refractivity contribution in [3.63, 3.8) is 0 Å². The van der Waals surface area contributed by atoms with Crippen molar-refractivity contribution in [2.45, 2.75) is 32.4 Å². The van der Waals surface area contributed by atoms with E-state index in [0.29, 0.717) is 22.7 Å². The predicted molar refractivity (Wildman–Crippen MR) is 88.0 cm³/mol. The average Bonchev–Trinajstić information content (AvgIpc) is 2.80. The molecule has 2 aromatic rings. The van der Waals surface area contributed by atoms with Gasteiger partial charge in [-0.05, 0) is 6.04 Å².